The van der Waals surface area contributed by atoms with Crippen molar-refractivity contribution in [3.05, 3.63) is 59.4 Å². The molecule has 136 valence electrons. The molecule has 3 rings (SSSR count). The minimum atomic E-state index is -5.04. The zero-order valence-corrected chi connectivity index (χ0v) is 12.9. The Labute approximate surface area is 142 Å². The van der Waals surface area contributed by atoms with Crippen LogP contribution >= 0.6 is 0 Å². The van der Waals surface area contributed by atoms with Gasteiger partial charge in [0.2, 0.25) is 0 Å². The number of aliphatic hydroxyl groups excluding tert-OH is 1. The number of pyridine rings is 2. The molecule has 3 aromatic rings. The predicted molar refractivity (Wildman–Crippen MR) is 80.9 cm³/mol. The minimum absolute atomic E-state index is 0.143. The summed E-state index contributed by atoms with van der Waals surface area (Å²) in [5.74, 6) is 0. The van der Waals surface area contributed by atoms with Gasteiger partial charge in [0.25, 0.3) is 0 Å². The van der Waals surface area contributed by atoms with Crippen LogP contribution in [0.25, 0.3) is 22.2 Å². The SMILES string of the molecule is OCc1c(-c2ccccn2)c(C(F)(F)F)nc2c(C(F)(F)F)cccc12. The van der Waals surface area contributed by atoms with Gasteiger partial charge in [-0.3, -0.25) is 4.98 Å². The van der Waals surface area contributed by atoms with Gasteiger partial charge in [-0.25, -0.2) is 4.98 Å². The number of para-hydroxylation sites is 1. The molecule has 1 N–H and O–H groups in total. The number of alkyl halides is 6. The van der Waals surface area contributed by atoms with Crippen molar-refractivity contribution in [3.8, 4) is 11.3 Å². The van der Waals surface area contributed by atoms with Gasteiger partial charge < -0.3 is 5.11 Å². The molecule has 9 heteroatoms. The number of rotatable bonds is 2. The van der Waals surface area contributed by atoms with Crippen LogP contribution < -0.4 is 0 Å². The molecule has 0 aliphatic carbocycles. The lowest BCUT2D eigenvalue weighted by Crippen LogP contribution is -2.15. The van der Waals surface area contributed by atoms with Crippen LogP contribution in [0.3, 0.4) is 0 Å². The average Bonchev–Trinajstić information content (AvgIpc) is 2.58. The molecule has 0 bridgehead atoms. The second-order valence-corrected chi connectivity index (χ2v) is 5.38. The Morgan fingerprint density at radius 2 is 1.62 bits per heavy atom. The summed E-state index contributed by atoms with van der Waals surface area (Å²) in [5.41, 5.74) is -4.68. The van der Waals surface area contributed by atoms with Crippen LogP contribution in [0.15, 0.2) is 42.6 Å². The van der Waals surface area contributed by atoms with Crippen LogP contribution in [-0.4, -0.2) is 15.1 Å². The maximum atomic E-state index is 13.6. The lowest BCUT2D eigenvalue weighted by Gasteiger charge is -2.19. The molecular weight excluding hydrogens is 362 g/mol. The second kappa shape index (κ2) is 6.24. The van der Waals surface area contributed by atoms with Gasteiger partial charge in [-0.15, -0.1) is 0 Å². The van der Waals surface area contributed by atoms with Crippen molar-refractivity contribution in [2.24, 2.45) is 0 Å². The highest BCUT2D eigenvalue weighted by Crippen LogP contribution is 2.42. The fraction of sp³-hybridized carbons (Fsp3) is 0.176. The Hall–Kier alpha value is -2.68. The molecule has 0 aliphatic heterocycles. The maximum absolute atomic E-state index is 13.6. The third kappa shape index (κ3) is 3.10. The summed E-state index contributed by atoms with van der Waals surface area (Å²) in [7, 11) is 0. The number of hydrogen-bond donors (Lipinski definition) is 1. The van der Waals surface area contributed by atoms with Gasteiger partial charge in [0, 0.05) is 17.1 Å². The largest absolute Gasteiger partial charge is 0.434 e. The van der Waals surface area contributed by atoms with Crippen molar-refractivity contribution in [2.45, 2.75) is 19.0 Å². The van der Waals surface area contributed by atoms with E-state index in [2.05, 4.69) is 9.97 Å². The number of halogens is 6. The van der Waals surface area contributed by atoms with E-state index in [0.29, 0.717) is 6.07 Å². The number of nitrogens with zero attached hydrogens (tertiary/aromatic N) is 2. The van der Waals surface area contributed by atoms with E-state index in [1.54, 1.807) is 0 Å². The fourth-order valence-electron chi connectivity index (χ4n) is 2.74. The topological polar surface area (TPSA) is 46.0 Å². The van der Waals surface area contributed by atoms with Gasteiger partial charge in [-0.05, 0) is 23.8 Å². The van der Waals surface area contributed by atoms with Crippen molar-refractivity contribution in [2.75, 3.05) is 0 Å². The molecule has 2 aromatic heterocycles. The summed E-state index contributed by atoms with van der Waals surface area (Å²) in [4.78, 5) is 7.14. The molecule has 0 saturated heterocycles. The predicted octanol–water partition coefficient (Wildman–Crippen LogP) is 4.83. The first-order valence-corrected chi connectivity index (χ1v) is 7.27. The molecule has 26 heavy (non-hydrogen) atoms. The first-order chi connectivity index (χ1) is 12.1. The third-order valence-electron chi connectivity index (χ3n) is 3.78. The molecule has 3 nitrogen and oxygen atoms in total. The van der Waals surface area contributed by atoms with Crippen LogP contribution in [0.1, 0.15) is 16.8 Å². The van der Waals surface area contributed by atoms with E-state index in [1.807, 2.05) is 0 Å². The first-order valence-electron chi connectivity index (χ1n) is 7.27. The van der Waals surface area contributed by atoms with Crippen molar-refractivity contribution in [1.29, 1.82) is 0 Å². The first kappa shape index (κ1) is 18.1. The molecule has 2 heterocycles. The van der Waals surface area contributed by atoms with Gasteiger partial charge in [0.05, 0.1) is 23.4 Å². The Kier molecular flexibility index (Phi) is 4.35. The lowest BCUT2D eigenvalue weighted by atomic mass is 9.95. The van der Waals surface area contributed by atoms with E-state index in [-0.39, 0.29) is 16.6 Å². The Balaban J connectivity index is 2.51. The van der Waals surface area contributed by atoms with Crippen LogP contribution in [-0.2, 0) is 19.0 Å². The third-order valence-corrected chi connectivity index (χ3v) is 3.78. The number of aliphatic hydroxyl groups is 1. The molecule has 0 amide bonds. The number of benzene rings is 1. The van der Waals surface area contributed by atoms with Crippen LogP contribution in [0.4, 0.5) is 26.3 Å². The van der Waals surface area contributed by atoms with Gasteiger partial charge in [-0.2, -0.15) is 26.3 Å². The van der Waals surface area contributed by atoms with Crippen molar-refractivity contribution in [1.82, 2.24) is 9.97 Å². The summed E-state index contributed by atoms with van der Waals surface area (Å²) in [6, 6.07) is 7.07. The Morgan fingerprint density at radius 1 is 0.885 bits per heavy atom. The maximum Gasteiger partial charge on any atom is 0.434 e. The molecule has 0 saturated carbocycles. The highest BCUT2D eigenvalue weighted by Gasteiger charge is 2.40. The van der Waals surface area contributed by atoms with Gasteiger partial charge in [-0.1, -0.05) is 18.2 Å². The van der Waals surface area contributed by atoms with Crippen LogP contribution in [0, 0.1) is 0 Å². The van der Waals surface area contributed by atoms with E-state index >= 15 is 0 Å². The van der Waals surface area contributed by atoms with Crippen molar-refractivity contribution < 1.29 is 31.4 Å². The lowest BCUT2D eigenvalue weighted by molar-refractivity contribution is -0.141. The summed E-state index contributed by atoms with van der Waals surface area (Å²) in [6.45, 7) is -0.907. The quantitative estimate of drug-likeness (QED) is 0.656. The van der Waals surface area contributed by atoms with Crippen molar-refractivity contribution in [3.63, 3.8) is 0 Å². The second-order valence-electron chi connectivity index (χ2n) is 5.38. The smallest absolute Gasteiger partial charge is 0.392 e. The number of aromatic nitrogens is 2. The summed E-state index contributed by atoms with van der Waals surface area (Å²) >= 11 is 0. The van der Waals surface area contributed by atoms with Gasteiger partial charge >= 0.3 is 12.4 Å². The molecule has 0 atom stereocenters. The monoisotopic (exact) mass is 372 g/mol. The molecular formula is C17H10F6N2O. The van der Waals surface area contributed by atoms with Gasteiger partial charge in [0.1, 0.15) is 0 Å². The van der Waals surface area contributed by atoms with E-state index in [0.717, 1.165) is 6.07 Å². The molecule has 0 radical (unpaired) electrons. The summed E-state index contributed by atoms with van der Waals surface area (Å²) < 4.78 is 80.3. The zero-order valence-electron chi connectivity index (χ0n) is 12.9. The summed E-state index contributed by atoms with van der Waals surface area (Å²) in [6.07, 6.45) is -8.69. The number of hydrogen-bond acceptors (Lipinski definition) is 3. The highest BCUT2D eigenvalue weighted by molar-refractivity contribution is 5.91. The van der Waals surface area contributed by atoms with E-state index in [1.165, 1.54) is 30.5 Å². The summed E-state index contributed by atoms with van der Waals surface area (Å²) in [5, 5.41) is 9.45. The molecule has 1 aromatic carbocycles. The van der Waals surface area contributed by atoms with Crippen LogP contribution in [0.2, 0.25) is 0 Å². The number of fused-ring (bicyclic) bond motifs is 1. The standard InChI is InChI=1S/C17H10F6N2O/c18-16(19,20)11-5-3-4-9-10(8-26)13(12-6-1-2-7-24-12)15(17(21,22)23)25-14(9)11/h1-7,26H,8H2. The van der Waals surface area contributed by atoms with E-state index in [4.69, 9.17) is 0 Å². The minimum Gasteiger partial charge on any atom is -0.392 e. The van der Waals surface area contributed by atoms with Crippen LogP contribution in [0.5, 0.6) is 0 Å². The van der Waals surface area contributed by atoms with Crippen molar-refractivity contribution >= 4 is 10.9 Å². The highest BCUT2D eigenvalue weighted by atomic mass is 19.4. The van der Waals surface area contributed by atoms with E-state index < -0.39 is 41.3 Å². The Bertz CT molecular complexity index is 951. The van der Waals surface area contributed by atoms with Gasteiger partial charge in [0.15, 0.2) is 5.69 Å². The van der Waals surface area contributed by atoms with E-state index in [9.17, 15) is 31.4 Å². The Morgan fingerprint density at radius 3 is 2.15 bits per heavy atom. The fourth-order valence-corrected chi connectivity index (χ4v) is 2.74. The molecule has 0 spiro atoms. The zero-order chi connectivity index (χ0) is 19.1. The molecule has 0 unspecified atom stereocenters. The molecule has 0 fully saturated rings. The normalized spacial score (nSPS) is 12.6. The molecule has 0 aliphatic rings. The average molecular weight is 372 g/mol.